The molecule has 0 aromatic rings. The second-order valence-corrected chi connectivity index (χ2v) is 6.32. The van der Waals surface area contributed by atoms with E-state index in [0.717, 1.165) is 51.4 Å². The first-order chi connectivity index (χ1) is 8.16. The average molecular weight is 279 g/mol. The minimum atomic E-state index is -3.78. The third-order valence-corrected chi connectivity index (χ3v) is 4.63. The molecular weight excluding hydrogens is 254 g/mol. The van der Waals surface area contributed by atoms with Crippen molar-refractivity contribution < 1.29 is 16.8 Å². The van der Waals surface area contributed by atoms with Crippen molar-refractivity contribution in [2.45, 2.75) is 76.4 Å². The second kappa shape index (κ2) is 7.43. The van der Waals surface area contributed by atoms with Gasteiger partial charge in [0.2, 0.25) is 0 Å². The zero-order chi connectivity index (χ0) is 12.1. The van der Waals surface area contributed by atoms with Crippen LogP contribution in [0.4, 0.5) is 0 Å². The Morgan fingerprint density at radius 1 is 0.667 bits per heavy atom. The minimum Gasteiger partial charge on any atom is -0.344 e. The molecule has 108 valence electrons. The van der Waals surface area contributed by atoms with Crippen molar-refractivity contribution in [3.8, 4) is 0 Å². The van der Waals surface area contributed by atoms with Gasteiger partial charge in [-0.15, -0.1) is 0 Å². The molecular formula is C12H25NO4S. The molecule has 0 saturated heterocycles. The van der Waals surface area contributed by atoms with Gasteiger partial charge in [-0.2, -0.15) is 8.42 Å². The molecule has 0 aromatic carbocycles. The molecule has 0 amide bonds. The molecule has 0 bridgehead atoms. The summed E-state index contributed by atoms with van der Waals surface area (Å²) >= 11 is 0. The molecule has 0 atom stereocenters. The smallest absolute Gasteiger partial charge is 0.344 e. The van der Waals surface area contributed by atoms with Gasteiger partial charge in [0.15, 0.2) is 0 Å². The molecule has 2 fully saturated rings. The molecule has 5 nitrogen and oxygen atoms in total. The highest BCUT2D eigenvalue weighted by atomic mass is 32.3. The lowest BCUT2D eigenvalue weighted by Gasteiger charge is -2.24. The zero-order valence-electron chi connectivity index (χ0n) is 11.0. The molecule has 0 spiro atoms. The minimum absolute atomic E-state index is 0. The fourth-order valence-corrected chi connectivity index (χ4v) is 3.78. The van der Waals surface area contributed by atoms with Crippen molar-refractivity contribution in [2.24, 2.45) is 0 Å². The maximum Gasteiger partial charge on any atom is 0.400 e. The fraction of sp³-hybridized carbons (Fsp3) is 1.00. The van der Waals surface area contributed by atoms with Crippen molar-refractivity contribution in [3.63, 3.8) is 0 Å². The lowest BCUT2D eigenvalue weighted by Crippen LogP contribution is -2.27. The highest BCUT2D eigenvalue weighted by molar-refractivity contribution is 7.81. The summed E-state index contributed by atoms with van der Waals surface area (Å²) in [7, 11) is -3.78. The second-order valence-electron chi connectivity index (χ2n) is 5.12. The summed E-state index contributed by atoms with van der Waals surface area (Å²) in [5, 5.41) is 0. The summed E-state index contributed by atoms with van der Waals surface area (Å²) in [6.45, 7) is 0. The van der Waals surface area contributed by atoms with Crippen molar-refractivity contribution in [2.75, 3.05) is 0 Å². The van der Waals surface area contributed by atoms with Crippen LogP contribution in [0.25, 0.3) is 0 Å². The molecule has 18 heavy (non-hydrogen) atoms. The van der Waals surface area contributed by atoms with Crippen molar-refractivity contribution >= 4 is 10.4 Å². The molecule has 2 saturated carbocycles. The highest BCUT2D eigenvalue weighted by Crippen LogP contribution is 2.25. The Morgan fingerprint density at radius 2 is 1.00 bits per heavy atom. The van der Waals surface area contributed by atoms with Gasteiger partial charge in [-0.25, -0.2) is 8.37 Å². The molecule has 6 heteroatoms. The van der Waals surface area contributed by atoms with Crippen LogP contribution in [0.5, 0.6) is 0 Å². The van der Waals surface area contributed by atoms with E-state index in [9.17, 15) is 8.42 Å². The summed E-state index contributed by atoms with van der Waals surface area (Å²) in [5.41, 5.74) is 0. The van der Waals surface area contributed by atoms with Crippen LogP contribution in [0, 0.1) is 0 Å². The van der Waals surface area contributed by atoms with E-state index in [-0.39, 0.29) is 18.4 Å². The third-order valence-electron chi connectivity index (χ3n) is 3.61. The number of hydrogen-bond donors (Lipinski definition) is 1. The lowest BCUT2D eigenvalue weighted by molar-refractivity contribution is 0.0883. The molecule has 2 aliphatic carbocycles. The summed E-state index contributed by atoms with van der Waals surface area (Å²) in [4.78, 5) is 0. The Morgan fingerprint density at radius 3 is 1.33 bits per heavy atom. The van der Waals surface area contributed by atoms with Gasteiger partial charge in [0.25, 0.3) is 0 Å². The average Bonchev–Trinajstić information content (AvgIpc) is 2.30. The van der Waals surface area contributed by atoms with E-state index in [1.54, 1.807) is 0 Å². The van der Waals surface area contributed by atoms with Gasteiger partial charge in [0.05, 0.1) is 12.2 Å². The monoisotopic (exact) mass is 279 g/mol. The Bertz CT molecular complexity index is 293. The Kier molecular flexibility index (Phi) is 6.55. The van der Waals surface area contributed by atoms with E-state index < -0.39 is 10.4 Å². The summed E-state index contributed by atoms with van der Waals surface area (Å²) in [6.07, 6.45) is 9.66. The molecule has 0 aliphatic heterocycles. The Labute approximate surface area is 110 Å². The quantitative estimate of drug-likeness (QED) is 0.854. The topological polar surface area (TPSA) is 87.6 Å². The normalized spacial score (nSPS) is 23.6. The van der Waals surface area contributed by atoms with Crippen LogP contribution < -0.4 is 6.15 Å². The van der Waals surface area contributed by atoms with Gasteiger partial charge < -0.3 is 6.15 Å². The molecule has 2 rings (SSSR count). The van der Waals surface area contributed by atoms with Gasteiger partial charge >= 0.3 is 10.4 Å². The van der Waals surface area contributed by atoms with E-state index in [2.05, 4.69) is 0 Å². The molecule has 0 unspecified atom stereocenters. The standard InChI is InChI=1S/C12H22O4S.H3N/c13-17(14,15-11-7-3-1-4-8-11)16-12-9-5-2-6-10-12;/h11-12H,1-10H2;1H3. The third kappa shape index (κ3) is 5.22. The van der Waals surface area contributed by atoms with Crippen molar-refractivity contribution in [1.82, 2.24) is 6.15 Å². The van der Waals surface area contributed by atoms with Gasteiger partial charge in [-0.3, -0.25) is 0 Å². The van der Waals surface area contributed by atoms with Gasteiger partial charge in [-0.1, -0.05) is 38.5 Å². The highest BCUT2D eigenvalue weighted by Gasteiger charge is 2.26. The molecule has 3 N–H and O–H groups in total. The molecule has 0 radical (unpaired) electrons. The van der Waals surface area contributed by atoms with Crippen LogP contribution in [0.2, 0.25) is 0 Å². The Balaban J connectivity index is 0.00000162. The number of rotatable bonds is 4. The van der Waals surface area contributed by atoms with Crippen molar-refractivity contribution in [3.05, 3.63) is 0 Å². The first-order valence-electron chi connectivity index (χ1n) is 6.77. The molecule has 2 aliphatic rings. The summed E-state index contributed by atoms with van der Waals surface area (Å²) in [5.74, 6) is 0. The zero-order valence-corrected chi connectivity index (χ0v) is 11.8. The SMILES string of the molecule is N.O=S(=O)(OC1CCCCC1)OC1CCCCC1. The van der Waals surface area contributed by atoms with Crippen LogP contribution in [0.15, 0.2) is 0 Å². The van der Waals surface area contributed by atoms with Crippen LogP contribution in [-0.2, 0) is 18.8 Å². The summed E-state index contributed by atoms with van der Waals surface area (Å²) in [6, 6.07) is 0. The van der Waals surface area contributed by atoms with Crippen LogP contribution >= 0.6 is 0 Å². The maximum absolute atomic E-state index is 11.7. The van der Waals surface area contributed by atoms with E-state index in [1.807, 2.05) is 0 Å². The van der Waals surface area contributed by atoms with E-state index in [1.165, 1.54) is 12.8 Å². The lowest BCUT2D eigenvalue weighted by atomic mass is 9.98. The largest absolute Gasteiger partial charge is 0.400 e. The molecule has 0 heterocycles. The molecule has 0 aromatic heterocycles. The fourth-order valence-electron chi connectivity index (χ4n) is 2.68. The Hall–Kier alpha value is -0.170. The van der Waals surface area contributed by atoms with Crippen LogP contribution in [0.1, 0.15) is 64.2 Å². The first-order valence-corrected chi connectivity index (χ1v) is 8.10. The van der Waals surface area contributed by atoms with E-state index in [0.29, 0.717) is 0 Å². The van der Waals surface area contributed by atoms with Gasteiger partial charge in [0, 0.05) is 0 Å². The number of hydrogen-bond acceptors (Lipinski definition) is 5. The summed E-state index contributed by atoms with van der Waals surface area (Å²) < 4.78 is 33.7. The van der Waals surface area contributed by atoms with Crippen LogP contribution in [0.3, 0.4) is 0 Å². The maximum atomic E-state index is 11.7. The first kappa shape index (κ1) is 15.9. The van der Waals surface area contributed by atoms with E-state index in [4.69, 9.17) is 8.37 Å². The van der Waals surface area contributed by atoms with Gasteiger partial charge in [-0.05, 0) is 25.7 Å². The van der Waals surface area contributed by atoms with Gasteiger partial charge in [0.1, 0.15) is 0 Å². The van der Waals surface area contributed by atoms with Crippen molar-refractivity contribution in [1.29, 1.82) is 0 Å². The predicted octanol–water partition coefficient (Wildman–Crippen LogP) is 3.09. The predicted molar refractivity (Wildman–Crippen MR) is 69.9 cm³/mol. The van der Waals surface area contributed by atoms with E-state index >= 15 is 0 Å². The van der Waals surface area contributed by atoms with Crippen LogP contribution in [-0.4, -0.2) is 20.6 Å².